The molecule has 0 spiro atoms. The Labute approximate surface area is 248 Å². The molecular formula is C28H30Cl2N2O5S2. The van der Waals surface area contributed by atoms with Crippen molar-refractivity contribution in [2.24, 2.45) is 0 Å². The molecule has 2 saturated heterocycles. The number of carbonyl (C=O) groups excluding carboxylic acids is 1. The maximum absolute atomic E-state index is 13.2. The van der Waals surface area contributed by atoms with E-state index in [1.165, 1.54) is 11.8 Å². The van der Waals surface area contributed by atoms with Crippen LogP contribution in [0.5, 0.6) is 5.75 Å². The van der Waals surface area contributed by atoms with Crippen LogP contribution in [-0.4, -0.2) is 77.1 Å². The predicted octanol–water partition coefficient (Wildman–Crippen LogP) is 6.22. The molecule has 2 aromatic rings. The Bertz CT molecular complexity index is 1250. The first-order valence-electron chi connectivity index (χ1n) is 12.8. The zero-order chi connectivity index (χ0) is 27.8. The summed E-state index contributed by atoms with van der Waals surface area (Å²) in [5.74, 6) is -0.314. The smallest absolute Gasteiger partial charge is 0.303 e. The highest BCUT2D eigenvalue weighted by atomic mass is 35.5. The molecular weight excluding hydrogens is 579 g/mol. The first-order valence-corrected chi connectivity index (χ1v) is 14.8. The molecule has 2 aliphatic rings. The second-order valence-corrected chi connectivity index (χ2v) is 11.7. The average Bonchev–Trinajstić information content (AvgIpc) is 3.18. The molecule has 0 bridgehead atoms. The number of amides is 1. The third kappa shape index (κ3) is 8.42. The van der Waals surface area contributed by atoms with E-state index in [1.807, 2.05) is 30.3 Å². The molecule has 1 amide bonds. The molecule has 2 aromatic carbocycles. The van der Waals surface area contributed by atoms with Crippen molar-refractivity contribution in [3.8, 4) is 16.9 Å². The molecule has 0 aliphatic carbocycles. The molecule has 1 N–H and O–H groups in total. The van der Waals surface area contributed by atoms with Crippen LogP contribution in [0.15, 0.2) is 41.3 Å². The molecule has 0 aromatic heterocycles. The van der Waals surface area contributed by atoms with E-state index in [-0.39, 0.29) is 12.3 Å². The van der Waals surface area contributed by atoms with E-state index in [1.54, 1.807) is 17.0 Å². The summed E-state index contributed by atoms with van der Waals surface area (Å²) in [4.78, 5) is 28.4. The maximum Gasteiger partial charge on any atom is 0.303 e. The highest BCUT2D eigenvalue weighted by Crippen LogP contribution is 2.37. The number of unbranched alkanes of at least 4 members (excludes halogenated alkanes) is 2. The summed E-state index contributed by atoms with van der Waals surface area (Å²) >= 11 is 19.5. The number of halogens is 2. The Hall–Kier alpha value is -2.14. The van der Waals surface area contributed by atoms with Gasteiger partial charge in [-0.3, -0.25) is 19.4 Å². The summed E-state index contributed by atoms with van der Waals surface area (Å²) in [7, 11) is 0. The Morgan fingerprint density at radius 3 is 2.67 bits per heavy atom. The van der Waals surface area contributed by atoms with Gasteiger partial charge in [0.1, 0.15) is 16.7 Å². The lowest BCUT2D eigenvalue weighted by atomic mass is 10.0. The summed E-state index contributed by atoms with van der Waals surface area (Å²) in [5.41, 5.74) is 2.38. The van der Waals surface area contributed by atoms with Crippen LogP contribution in [0.1, 0.15) is 31.2 Å². The molecule has 7 nitrogen and oxygen atoms in total. The maximum atomic E-state index is 13.2. The number of carbonyl (C=O) groups is 2. The van der Waals surface area contributed by atoms with Crippen molar-refractivity contribution in [3.63, 3.8) is 0 Å². The number of thioether (sulfide) groups is 1. The first kappa shape index (κ1) is 29.8. The number of nitrogens with zero attached hydrogens (tertiary/aromatic N) is 2. The zero-order valence-corrected chi connectivity index (χ0v) is 24.5. The van der Waals surface area contributed by atoms with Crippen molar-refractivity contribution < 1.29 is 24.2 Å². The van der Waals surface area contributed by atoms with Gasteiger partial charge in [0, 0.05) is 53.8 Å². The van der Waals surface area contributed by atoms with Crippen molar-refractivity contribution in [2.75, 3.05) is 46.0 Å². The fourth-order valence-corrected chi connectivity index (χ4v) is 6.04. The Kier molecular flexibility index (Phi) is 11.1. The summed E-state index contributed by atoms with van der Waals surface area (Å²) in [6.07, 6.45) is 3.91. The molecule has 2 fully saturated rings. The Morgan fingerprint density at radius 2 is 1.90 bits per heavy atom. The minimum atomic E-state index is -0.812. The van der Waals surface area contributed by atoms with Crippen LogP contribution in [0.4, 0.5) is 0 Å². The van der Waals surface area contributed by atoms with Crippen molar-refractivity contribution in [3.05, 3.63) is 56.9 Å². The number of hydrogen-bond donors (Lipinski definition) is 1. The predicted molar refractivity (Wildman–Crippen MR) is 161 cm³/mol. The number of ether oxygens (including phenoxy) is 2. The van der Waals surface area contributed by atoms with E-state index in [9.17, 15) is 9.59 Å². The average molecular weight is 610 g/mol. The first-order chi connectivity index (χ1) is 18.8. The van der Waals surface area contributed by atoms with E-state index in [4.69, 9.17) is 50.0 Å². The van der Waals surface area contributed by atoms with Crippen LogP contribution < -0.4 is 4.74 Å². The lowest BCUT2D eigenvalue weighted by Gasteiger charge is -2.26. The highest BCUT2D eigenvalue weighted by molar-refractivity contribution is 8.26. The van der Waals surface area contributed by atoms with E-state index in [2.05, 4.69) is 4.90 Å². The number of benzene rings is 2. The van der Waals surface area contributed by atoms with Gasteiger partial charge in [0.15, 0.2) is 0 Å². The minimum Gasteiger partial charge on any atom is -0.492 e. The third-order valence-corrected chi connectivity index (χ3v) is 8.39. The molecule has 11 heteroatoms. The number of rotatable bonds is 12. The summed E-state index contributed by atoms with van der Waals surface area (Å²) in [6.45, 7) is 4.93. The number of thiocarbonyl (C=S) groups is 1. The molecule has 2 heterocycles. The van der Waals surface area contributed by atoms with Crippen LogP contribution in [0, 0.1) is 0 Å². The molecule has 39 heavy (non-hydrogen) atoms. The van der Waals surface area contributed by atoms with Crippen LogP contribution in [0.2, 0.25) is 10.0 Å². The quantitative estimate of drug-likeness (QED) is 0.173. The van der Waals surface area contributed by atoms with Crippen molar-refractivity contribution in [1.29, 1.82) is 0 Å². The summed E-state index contributed by atoms with van der Waals surface area (Å²) in [5, 5.41) is 9.96. The lowest BCUT2D eigenvalue weighted by molar-refractivity contribution is -0.137. The third-order valence-electron chi connectivity index (χ3n) is 6.45. The number of aliphatic carboxylic acids is 1. The van der Waals surface area contributed by atoms with Crippen LogP contribution in [0.3, 0.4) is 0 Å². The van der Waals surface area contributed by atoms with Gasteiger partial charge in [-0.05, 0) is 54.8 Å². The molecule has 2 aliphatic heterocycles. The number of carboxylic acid groups (broad SMARTS) is 1. The zero-order valence-electron chi connectivity index (χ0n) is 21.4. The fourth-order valence-electron chi connectivity index (χ4n) is 4.35. The van der Waals surface area contributed by atoms with Gasteiger partial charge in [0.05, 0.1) is 18.1 Å². The molecule has 208 valence electrons. The summed E-state index contributed by atoms with van der Waals surface area (Å²) in [6, 6.07) is 11.1. The molecule has 4 rings (SSSR count). The van der Waals surface area contributed by atoms with Gasteiger partial charge in [0.25, 0.3) is 5.91 Å². The Morgan fingerprint density at radius 1 is 1.10 bits per heavy atom. The SMILES string of the molecule is O=C(O)CCCCCN1C(=O)C(=Cc2cc(-c3cc(Cl)ccc3Cl)ccc2OCCN2CCOCC2)SC1=S. The highest BCUT2D eigenvalue weighted by Gasteiger charge is 2.31. The minimum absolute atomic E-state index is 0.125. The van der Waals surface area contributed by atoms with Gasteiger partial charge in [-0.1, -0.05) is 59.7 Å². The van der Waals surface area contributed by atoms with Crippen molar-refractivity contribution in [1.82, 2.24) is 9.80 Å². The van der Waals surface area contributed by atoms with E-state index >= 15 is 0 Å². The van der Waals surface area contributed by atoms with Crippen molar-refractivity contribution >= 4 is 69.5 Å². The molecule has 0 saturated carbocycles. The topological polar surface area (TPSA) is 79.3 Å². The normalized spacial score (nSPS) is 17.3. The van der Waals surface area contributed by atoms with Crippen LogP contribution in [-0.2, 0) is 14.3 Å². The van der Waals surface area contributed by atoms with Gasteiger partial charge in [-0.25, -0.2) is 0 Å². The Balaban J connectivity index is 1.53. The second-order valence-electron chi connectivity index (χ2n) is 9.22. The van der Waals surface area contributed by atoms with Crippen LogP contribution >= 0.6 is 47.2 Å². The second kappa shape index (κ2) is 14.5. The van der Waals surface area contributed by atoms with Gasteiger partial charge in [-0.2, -0.15) is 0 Å². The lowest BCUT2D eigenvalue weighted by Crippen LogP contribution is -2.38. The van der Waals surface area contributed by atoms with Gasteiger partial charge in [-0.15, -0.1) is 0 Å². The summed E-state index contributed by atoms with van der Waals surface area (Å²) < 4.78 is 12.1. The molecule has 0 atom stereocenters. The molecule has 0 unspecified atom stereocenters. The van der Waals surface area contributed by atoms with E-state index in [0.717, 1.165) is 49.5 Å². The fraction of sp³-hybridized carbons (Fsp3) is 0.393. The molecule has 0 radical (unpaired) electrons. The number of hydrogen-bond acceptors (Lipinski definition) is 7. The monoisotopic (exact) mass is 608 g/mol. The van der Waals surface area contributed by atoms with E-state index < -0.39 is 5.97 Å². The van der Waals surface area contributed by atoms with Gasteiger partial charge < -0.3 is 14.6 Å². The van der Waals surface area contributed by atoms with Crippen molar-refractivity contribution in [2.45, 2.75) is 25.7 Å². The van der Waals surface area contributed by atoms with Gasteiger partial charge >= 0.3 is 5.97 Å². The van der Waals surface area contributed by atoms with Gasteiger partial charge in [0.2, 0.25) is 0 Å². The number of morpholine rings is 1. The number of carboxylic acids is 1. The van der Waals surface area contributed by atoms with E-state index in [0.29, 0.717) is 57.4 Å². The van der Waals surface area contributed by atoms with Crippen LogP contribution in [0.25, 0.3) is 17.2 Å². The standard InChI is InChI=1S/C28H30Cl2N2O5S2/c29-21-6-7-23(30)22(18-21)19-5-8-24(37-15-12-31-10-13-36-14-11-31)20(16-19)17-25-27(35)32(28(38)39-25)9-3-1-2-4-26(33)34/h5-8,16-18H,1-4,9-15H2,(H,33,34). The largest absolute Gasteiger partial charge is 0.492 e.